The average Bonchev–Trinajstić information content (AvgIpc) is 2.15. The highest BCUT2D eigenvalue weighted by Gasteiger charge is 2.05. The van der Waals surface area contributed by atoms with Gasteiger partial charge in [-0.2, -0.15) is 0 Å². The van der Waals surface area contributed by atoms with Crippen molar-refractivity contribution in [2.75, 3.05) is 6.61 Å². The Labute approximate surface area is 77.1 Å². The van der Waals surface area contributed by atoms with Gasteiger partial charge in [0.1, 0.15) is 0 Å². The molecule has 1 rings (SSSR count). The van der Waals surface area contributed by atoms with Crippen LogP contribution in [0, 0.1) is 0 Å². The van der Waals surface area contributed by atoms with E-state index in [0.717, 1.165) is 0 Å². The van der Waals surface area contributed by atoms with Gasteiger partial charge in [-0.05, 0) is 0 Å². The maximum Gasteiger partial charge on any atom is 0.243 e. The Kier molecular flexibility index (Phi) is 3.26. The summed E-state index contributed by atoms with van der Waals surface area (Å²) in [5.74, 6) is -0.625. The fraction of sp³-hybridized carbons (Fsp3) is 0.111. The molecule has 0 radical (unpaired) electrons. The second kappa shape index (κ2) is 4.45. The normalized spacial score (nSPS) is 9.23. The fourth-order valence-electron chi connectivity index (χ4n) is 0.875. The summed E-state index contributed by atoms with van der Waals surface area (Å²) in [5, 5.41) is 0. The van der Waals surface area contributed by atoms with Gasteiger partial charge >= 0.3 is 0 Å². The number of Topliss-reactive ketones (excluding diaryl/α,β-unsaturated/α-hetero) is 1. The predicted octanol–water partition coefficient (Wildman–Crippen LogP) is 0.639. The summed E-state index contributed by atoms with van der Waals surface area (Å²) in [5.41, 5.74) is 0.559. The molecule has 4 heteroatoms. The lowest BCUT2D eigenvalue weighted by molar-refractivity contribution is 0.0876. The molecule has 0 spiro atoms. The van der Waals surface area contributed by atoms with E-state index < -0.39 is 5.87 Å². The Bertz CT molecular complexity index is 308. The van der Waals surface area contributed by atoms with Crippen LogP contribution < -0.4 is 0 Å². The van der Waals surface area contributed by atoms with Gasteiger partial charge in [0.2, 0.25) is 13.7 Å². The SMILES string of the molecule is BC(=O)OCC(=O)c1ccccc1. The van der Waals surface area contributed by atoms with Crippen molar-refractivity contribution in [2.45, 2.75) is 0 Å². The smallest absolute Gasteiger partial charge is 0.243 e. The molecule has 0 N–H and O–H groups in total. The van der Waals surface area contributed by atoms with Crippen LogP contribution in [0.25, 0.3) is 0 Å². The van der Waals surface area contributed by atoms with Crippen molar-refractivity contribution >= 4 is 19.5 Å². The third-order valence-electron chi connectivity index (χ3n) is 1.50. The first kappa shape index (κ1) is 9.51. The Morgan fingerprint density at radius 3 is 2.38 bits per heavy atom. The molecule has 0 aromatic heterocycles. The molecular formula is C9H9BO3. The fourth-order valence-corrected chi connectivity index (χ4v) is 0.875. The van der Waals surface area contributed by atoms with Crippen molar-refractivity contribution in [1.29, 1.82) is 0 Å². The number of carbonyl (C=O) groups excluding carboxylic acids is 2. The maximum absolute atomic E-state index is 11.3. The summed E-state index contributed by atoms with van der Waals surface area (Å²) in [6.45, 7) is -0.181. The van der Waals surface area contributed by atoms with Crippen LogP contribution in [0.4, 0.5) is 4.79 Å². The van der Waals surface area contributed by atoms with Gasteiger partial charge in [0, 0.05) is 5.56 Å². The third kappa shape index (κ3) is 3.11. The Morgan fingerprint density at radius 1 is 1.23 bits per heavy atom. The minimum absolute atomic E-state index is 0.181. The van der Waals surface area contributed by atoms with Crippen LogP contribution in [0.3, 0.4) is 0 Å². The van der Waals surface area contributed by atoms with Crippen LogP contribution in [0.5, 0.6) is 0 Å². The predicted molar refractivity (Wildman–Crippen MR) is 50.7 cm³/mol. The number of rotatable bonds is 3. The van der Waals surface area contributed by atoms with Crippen molar-refractivity contribution in [2.24, 2.45) is 0 Å². The number of hydrogen-bond acceptors (Lipinski definition) is 3. The van der Waals surface area contributed by atoms with Crippen LogP contribution >= 0.6 is 0 Å². The number of hydrogen-bond donors (Lipinski definition) is 0. The minimum Gasteiger partial charge on any atom is -0.466 e. The zero-order chi connectivity index (χ0) is 9.68. The van der Waals surface area contributed by atoms with Crippen molar-refractivity contribution in [1.82, 2.24) is 0 Å². The molecule has 1 aromatic rings. The molecule has 66 valence electrons. The molecule has 0 amide bonds. The zero-order valence-electron chi connectivity index (χ0n) is 7.32. The third-order valence-corrected chi connectivity index (χ3v) is 1.50. The van der Waals surface area contributed by atoms with Gasteiger partial charge in [-0.1, -0.05) is 30.3 Å². The molecule has 1 aromatic carbocycles. The molecule has 0 unspecified atom stereocenters. The molecule has 0 atom stereocenters. The largest absolute Gasteiger partial charge is 0.466 e. The van der Waals surface area contributed by atoms with E-state index in [-0.39, 0.29) is 12.4 Å². The lowest BCUT2D eigenvalue weighted by Crippen LogP contribution is -2.12. The Morgan fingerprint density at radius 2 is 1.85 bits per heavy atom. The highest BCUT2D eigenvalue weighted by Crippen LogP contribution is 1.99. The quantitative estimate of drug-likeness (QED) is 0.501. The molecule has 0 aliphatic rings. The number of benzene rings is 1. The lowest BCUT2D eigenvalue weighted by atomic mass is 10.1. The zero-order valence-corrected chi connectivity index (χ0v) is 7.32. The summed E-state index contributed by atoms with van der Waals surface area (Å²) in [6, 6.07) is 8.72. The molecule has 13 heavy (non-hydrogen) atoms. The van der Waals surface area contributed by atoms with E-state index in [4.69, 9.17) is 0 Å². The van der Waals surface area contributed by atoms with Crippen LogP contribution in [0.15, 0.2) is 30.3 Å². The molecule has 0 fully saturated rings. The molecule has 0 saturated heterocycles. The molecule has 0 aliphatic heterocycles. The summed E-state index contributed by atoms with van der Waals surface area (Å²) < 4.78 is 4.57. The van der Waals surface area contributed by atoms with Crippen LogP contribution in [0.1, 0.15) is 10.4 Å². The number of ether oxygens (including phenoxy) is 1. The summed E-state index contributed by atoms with van der Waals surface area (Å²) >= 11 is 0. The summed E-state index contributed by atoms with van der Waals surface area (Å²) in [4.78, 5) is 21.7. The Hall–Kier alpha value is -1.58. The summed E-state index contributed by atoms with van der Waals surface area (Å²) in [6.07, 6.45) is 0. The first-order chi connectivity index (χ1) is 6.20. The van der Waals surface area contributed by atoms with E-state index >= 15 is 0 Å². The molecule has 0 heterocycles. The van der Waals surface area contributed by atoms with Crippen molar-refractivity contribution in [3.8, 4) is 0 Å². The van der Waals surface area contributed by atoms with E-state index in [1.165, 1.54) is 7.85 Å². The lowest BCUT2D eigenvalue weighted by Gasteiger charge is -2.00. The highest BCUT2D eigenvalue weighted by atomic mass is 16.5. The standard InChI is InChI=1S/C9H9BO3/c10-9(12)13-6-8(11)7-4-2-1-3-5-7/h1-5H,6,10H2. The van der Waals surface area contributed by atoms with Gasteiger partial charge in [0.15, 0.2) is 12.4 Å². The van der Waals surface area contributed by atoms with E-state index in [1.807, 2.05) is 6.07 Å². The van der Waals surface area contributed by atoms with Crippen molar-refractivity contribution in [3.05, 3.63) is 35.9 Å². The van der Waals surface area contributed by atoms with Crippen molar-refractivity contribution < 1.29 is 14.3 Å². The van der Waals surface area contributed by atoms with E-state index in [2.05, 4.69) is 4.74 Å². The molecular weight excluding hydrogens is 167 g/mol. The average molecular weight is 176 g/mol. The monoisotopic (exact) mass is 176 g/mol. The van der Waals surface area contributed by atoms with E-state index in [9.17, 15) is 9.59 Å². The second-order valence-corrected chi connectivity index (χ2v) is 2.57. The van der Waals surface area contributed by atoms with Gasteiger partial charge < -0.3 is 4.74 Å². The molecule has 3 nitrogen and oxygen atoms in total. The summed E-state index contributed by atoms with van der Waals surface area (Å²) in [7, 11) is 1.28. The van der Waals surface area contributed by atoms with Crippen LogP contribution in [-0.4, -0.2) is 26.1 Å². The van der Waals surface area contributed by atoms with Crippen LogP contribution in [-0.2, 0) is 4.74 Å². The second-order valence-electron chi connectivity index (χ2n) is 2.57. The minimum atomic E-state index is -0.440. The van der Waals surface area contributed by atoms with Gasteiger partial charge in [-0.3, -0.25) is 9.59 Å². The molecule has 0 aliphatic carbocycles. The topological polar surface area (TPSA) is 43.4 Å². The first-order valence-corrected chi connectivity index (χ1v) is 3.92. The van der Waals surface area contributed by atoms with Gasteiger partial charge in [0.25, 0.3) is 0 Å². The maximum atomic E-state index is 11.3. The van der Waals surface area contributed by atoms with Crippen LogP contribution in [0.2, 0.25) is 0 Å². The first-order valence-electron chi connectivity index (χ1n) is 3.92. The number of ketones is 1. The molecule has 0 bridgehead atoms. The van der Waals surface area contributed by atoms with Gasteiger partial charge in [0.05, 0.1) is 0 Å². The molecule has 0 saturated carbocycles. The Balaban J connectivity index is 2.54. The van der Waals surface area contributed by atoms with Gasteiger partial charge in [-0.15, -0.1) is 0 Å². The highest BCUT2D eigenvalue weighted by molar-refractivity contribution is 6.55. The van der Waals surface area contributed by atoms with E-state index in [0.29, 0.717) is 5.56 Å². The van der Waals surface area contributed by atoms with Crippen molar-refractivity contribution in [3.63, 3.8) is 0 Å². The van der Waals surface area contributed by atoms with E-state index in [1.54, 1.807) is 24.3 Å². The van der Waals surface area contributed by atoms with Gasteiger partial charge in [-0.25, -0.2) is 0 Å². The number of carbonyl (C=O) groups is 2.